The Hall–Kier alpha value is -1.99. The summed E-state index contributed by atoms with van der Waals surface area (Å²) in [5.41, 5.74) is 0.437. The highest BCUT2D eigenvalue weighted by Gasteiger charge is 2.23. The number of aliphatic hydroxyl groups is 1. The summed E-state index contributed by atoms with van der Waals surface area (Å²) >= 11 is 0. The maximum atomic E-state index is 12.0. The molecule has 0 spiro atoms. The summed E-state index contributed by atoms with van der Waals surface area (Å²) in [4.78, 5) is 12.0. The van der Waals surface area contributed by atoms with Crippen LogP contribution in [0.5, 0.6) is 0 Å². The minimum atomic E-state index is -0.936. The Kier molecular flexibility index (Phi) is 8.35. The lowest BCUT2D eigenvalue weighted by molar-refractivity contribution is 0.0459. The van der Waals surface area contributed by atoms with Crippen LogP contribution < -0.4 is 5.32 Å². The molecule has 132 valence electrons. The first-order valence-corrected chi connectivity index (χ1v) is 8.51. The largest absolute Gasteiger partial charge is 0.444 e. The third-order valence-corrected chi connectivity index (χ3v) is 3.29. The fourth-order valence-corrected chi connectivity index (χ4v) is 2.11. The first-order valence-electron chi connectivity index (χ1n) is 8.51. The molecule has 0 bridgehead atoms. The van der Waals surface area contributed by atoms with Gasteiger partial charge in [0, 0.05) is 6.42 Å². The number of aliphatic hydroxyl groups excluding tert-OH is 1. The number of nitrogens with one attached hydrogen (secondary N) is 1. The molecule has 1 rings (SSSR count). The lowest BCUT2D eigenvalue weighted by Gasteiger charge is -2.25. The Morgan fingerprint density at radius 1 is 1.29 bits per heavy atom. The zero-order valence-electron chi connectivity index (χ0n) is 15.1. The van der Waals surface area contributed by atoms with E-state index in [4.69, 9.17) is 4.74 Å². The summed E-state index contributed by atoms with van der Waals surface area (Å²) < 4.78 is 5.29. The fourth-order valence-electron chi connectivity index (χ4n) is 2.11. The molecule has 2 atom stereocenters. The molecule has 24 heavy (non-hydrogen) atoms. The lowest BCUT2D eigenvalue weighted by atomic mass is 10.0. The van der Waals surface area contributed by atoms with Gasteiger partial charge in [-0.2, -0.15) is 0 Å². The Balaban J connectivity index is 2.77. The van der Waals surface area contributed by atoms with Crippen molar-refractivity contribution in [2.45, 2.75) is 71.1 Å². The summed E-state index contributed by atoms with van der Waals surface area (Å²) in [5.74, 6) is 5.82. The second kappa shape index (κ2) is 10.00. The van der Waals surface area contributed by atoms with Crippen LogP contribution in [0.2, 0.25) is 0 Å². The molecule has 4 heteroatoms. The quantitative estimate of drug-likeness (QED) is 0.617. The summed E-state index contributed by atoms with van der Waals surface area (Å²) in [5, 5.41) is 13.1. The van der Waals surface area contributed by atoms with Crippen molar-refractivity contribution in [3.8, 4) is 11.8 Å². The molecule has 0 radical (unpaired) electrons. The summed E-state index contributed by atoms with van der Waals surface area (Å²) in [6, 6.07) is 9.19. The maximum Gasteiger partial charge on any atom is 0.408 e. The molecule has 0 aromatic heterocycles. The van der Waals surface area contributed by atoms with Gasteiger partial charge in [0.1, 0.15) is 11.7 Å². The summed E-state index contributed by atoms with van der Waals surface area (Å²) in [6.07, 6.45) is 1.83. The van der Waals surface area contributed by atoms with E-state index in [0.717, 1.165) is 24.8 Å². The molecular formula is C20H29NO3. The Morgan fingerprint density at radius 3 is 2.54 bits per heavy atom. The van der Waals surface area contributed by atoms with E-state index in [-0.39, 0.29) is 0 Å². The second-order valence-electron chi connectivity index (χ2n) is 6.81. The van der Waals surface area contributed by atoms with Gasteiger partial charge in [-0.05, 0) is 39.2 Å². The third-order valence-electron chi connectivity index (χ3n) is 3.29. The van der Waals surface area contributed by atoms with E-state index in [1.54, 1.807) is 20.8 Å². The van der Waals surface area contributed by atoms with Crippen LogP contribution in [0.3, 0.4) is 0 Å². The molecule has 0 aliphatic heterocycles. The van der Waals surface area contributed by atoms with Gasteiger partial charge in [-0.1, -0.05) is 49.6 Å². The number of unbranched alkanes of at least 4 members (excludes halogenated alkanes) is 2. The van der Waals surface area contributed by atoms with Crippen LogP contribution in [0.15, 0.2) is 30.3 Å². The van der Waals surface area contributed by atoms with Crippen LogP contribution in [0.1, 0.15) is 52.5 Å². The molecule has 0 heterocycles. The molecular weight excluding hydrogens is 302 g/mol. The van der Waals surface area contributed by atoms with E-state index >= 15 is 0 Å². The summed E-state index contributed by atoms with van der Waals surface area (Å²) in [7, 11) is 0. The van der Waals surface area contributed by atoms with Gasteiger partial charge in [0.25, 0.3) is 0 Å². The molecule has 0 fully saturated rings. The van der Waals surface area contributed by atoms with Gasteiger partial charge in [0.15, 0.2) is 0 Å². The van der Waals surface area contributed by atoms with Crippen LogP contribution in [0, 0.1) is 11.8 Å². The molecule has 0 saturated heterocycles. The number of hydrogen-bond donors (Lipinski definition) is 2. The van der Waals surface area contributed by atoms with Crippen molar-refractivity contribution in [1.29, 1.82) is 0 Å². The molecule has 2 unspecified atom stereocenters. The predicted octanol–water partition coefficient (Wildman–Crippen LogP) is 3.68. The van der Waals surface area contributed by atoms with Gasteiger partial charge < -0.3 is 15.2 Å². The lowest BCUT2D eigenvalue weighted by Crippen LogP contribution is -2.46. The number of benzene rings is 1. The third kappa shape index (κ3) is 8.59. The average molecular weight is 331 g/mol. The zero-order chi connectivity index (χ0) is 18.0. The summed E-state index contributed by atoms with van der Waals surface area (Å²) in [6.45, 7) is 7.51. The van der Waals surface area contributed by atoms with Crippen LogP contribution in [0.4, 0.5) is 4.79 Å². The Morgan fingerprint density at radius 2 is 1.96 bits per heavy atom. The molecule has 0 saturated carbocycles. The molecule has 0 aliphatic carbocycles. The van der Waals surface area contributed by atoms with Crippen molar-refractivity contribution in [3.63, 3.8) is 0 Å². The molecule has 1 aromatic rings. The fraction of sp³-hybridized carbons (Fsp3) is 0.550. The van der Waals surface area contributed by atoms with Crippen molar-refractivity contribution >= 4 is 6.09 Å². The number of amides is 1. The number of alkyl carbamates (subject to hydrolysis) is 1. The first kappa shape index (κ1) is 20.1. The predicted molar refractivity (Wildman–Crippen MR) is 96.6 cm³/mol. The van der Waals surface area contributed by atoms with Crippen molar-refractivity contribution < 1.29 is 14.6 Å². The van der Waals surface area contributed by atoms with E-state index in [9.17, 15) is 9.90 Å². The minimum absolute atomic E-state index is 0.490. The van der Waals surface area contributed by atoms with Crippen molar-refractivity contribution in [3.05, 3.63) is 35.9 Å². The number of ether oxygens (including phenoxy) is 1. The molecule has 2 N–H and O–H groups in total. The van der Waals surface area contributed by atoms with E-state index in [2.05, 4.69) is 24.1 Å². The standard InChI is InChI=1S/C20H29NO3/c1-5-6-7-11-14-18(22)17(15-16-12-9-8-10-13-16)21-19(23)24-20(2,3)4/h8-10,12-13,17-18,22H,5-7,15H2,1-4H3,(H,21,23). The van der Waals surface area contributed by atoms with Gasteiger partial charge in [-0.15, -0.1) is 5.92 Å². The average Bonchev–Trinajstić information content (AvgIpc) is 2.50. The van der Waals surface area contributed by atoms with Crippen molar-refractivity contribution in [2.75, 3.05) is 0 Å². The Labute approximate surface area is 145 Å². The minimum Gasteiger partial charge on any atom is -0.444 e. The molecule has 0 aliphatic rings. The molecule has 1 amide bonds. The molecule has 4 nitrogen and oxygen atoms in total. The van der Waals surface area contributed by atoms with Crippen LogP contribution in [0.25, 0.3) is 0 Å². The smallest absolute Gasteiger partial charge is 0.408 e. The topological polar surface area (TPSA) is 58.6 Å². The number of rotatable bonds is 6. The normalized spacial score (nSPS) is 13.4. The number of hydrogen-bond acceptors (Lipinski definition) is 3. The van der Waals surface area contributed by atoms with Gasteiger partial charge >= 0.3 is 6.09 Å². The van der Waals surface area contributed by atoms with Crippen molar-refractivity contribution in [1.82, 2.24) is 5.32 Å². The van der Waals surface area contributed by atoms with Gasteiger partial charge in [0.05, 0.1) is 6.04 Å². The van der Waals surface area contributed by atoms with E-state index < -0.39 is 23.8 Å². The maximum absolute atomic E-state index is 12.0. The van der Waals surface area contributed by atoms with E-state index in [0.29, 0.717) is 6.42 Å². The number of carbonyl (C=O) groups excluding carboxylic acids is 1. The Bertz CT molecular complexity index is 552. The van der Waals surface area contributed by atoms with E-state index in [1.165, 1.54) is 0 Å². The van der Waals surface area contributed by atoms with Crippen LogP contribution in [-0.4, -0.2) is 28.9 Å². The highest BCUT2D eigenvalue weighted by Crippen LogP contribution is 2.10. The van der Waals surface area contributed by atoms with Gasteiger partial charge in [-0.25, -0.2) is 4.79 Å². The second-order valence-corrected chi connectivity index (χ2v) is 6.81. The van der Waals surface area contributed by atoms with Crippen LogP contribution >= 0.6 is 0 Å². The van der Waals surface area contributed by atoms with Crippen LogP contribution in [-0.2, 0) is 11.2 Å². The van der Waals surface area contributed by atoms with Crippen molar-refractivity contribution in [2.24, 2.45) is 0 Å². The SMILES string of the molecule is CCCCC#CC(O)C(Cc1ccccc1)NC(=O)OC(C)(C)C. The highest BCUT2D eigenvalue weighted by atomic mass is 16.6. The first-order chi connectivity index (χ1) is 11.3. The van der Waals surface area contributed by atoms with Gasteiger partial charge in [0.2, 0.25) is 0 Å². The number of carbonyl (C=O) groups is 1. The zero-order valence-corrected chi connectivity index (χ0v) is 15.1. The van der Waals surface area contributed by atoms with Gasteiger partial charge in [-0.3, -0.25) is 0 Å². The molecule has 1 aromatic carbocycles. The monoisotopic (exact) mass is 331 g/mol. The van der Waals surface area contributed by atoms with E-state index in [1.807, 2.05) is 30.3 Å². The highest BCUT2D eigenvalue weighted by molar-refractivity contribution is 5.68.